The molecule has 2 heterocycles. The van der Waals surface area contributed by atoms with Gasteiger partial charge in [-0.05, 0) is 42.2 Å². The molecule has 0 aromatic heterocycles. The summed E-state index contributed by atoms with van der Waals surface area (Å²) in [5.74, 6) is -0.429. The van der Waals surface area contributed by atoms with Crippen molar-refractivity contribution < 1.29 is 14.3 Å². The summed E-state index contributed by atoms with van der Waals surface area (Å²) in [6.45, 7) is 6.66. The summed E-state index contributed by atoms with van der Waals surface area (Å²) in [5.41, 5.74) is 4.08. The second kappa shape index (κ2) is 10.7. The Morgan fingerprint density at radius 2 is 1.84 bits per heavy atom. The van der Waals surface area contributed by atoms with E-state index in [1.165, 1.54) is 12.0 Å². The Hall–Kier alpha value is -2.70. The molecule has 2 aromatic rings. The summed E-state index contributed by atoms with van der Waals surface area (Å²) >= 11 is 0. The first-order chi connectivity index (χ1) is 15.6. The number of hydrogen-bond acceptors (Lipinski definition) is 4. The molecule has 0 spiro atoms. The number of morpholine rings is 1. The van der Waals surface area contributed by atoms with Crippen LogP contribution in [-0.2, 0) is 27.3 Å². The molecule has 6 nitrogen and oxygen atoms in total. The fourth-order valence-corrected chi connectivity index (χ4v) is 4.37. The fourth-order valence-electron chi connectivity index (χ4n) is 4.37. The van der Waals surface area contributed by atoms with E-state index in [1.54, 1.807) is 4.90 Å². The van der Waals surface area contributed by atoms with Gasteiger partial charge in [0.25, 0.3) is 0 Å². The van der Waals surface area contributed by atoms with Gasteiger partial charge >= 0.3 is 0 Å². The van der Waals surface area contributed by atoms with Crippen molar-refractivity contribution in [1.82, 2.24) is 4.90 Å². The minimum atomic E-state index is -0.348. The van der Waals surface area contributed by atoms with Crippen LogP contribution in [0.15, 0.2) is 48.5 Å². The maximum absolute atomic E-state index is 13.0. The maximum Gasteiger partial charge on any atom is 0.229 e. The Labute approximate surface area is 190 Å². The molecule has 2 aromatic carbocycles. The number of para-hydroxylation sites is 1. The number of aryl methyl sites for hydroxylation is 1. The summed E-state index contributed by atoms with van der Waals surface area (Å²) in [7, 11) is 0. The van der Waals surface area contributed by atoms with Crippen LogP contribution in [0.4, 0.5) is 11.4 Å². The molecule has 6 heteroatoms. The highest BCUT2D eigenvalue weighted by Crippen LogP contribution is 2.27. The van der Waals surface area contributed by atoms with Gasteiger partial charge in [0.15, 0.2) is 0 Å². The molecule has 32 heavy (non-hydrogen) atoms. The predicted octanol–water partition coefficient (Wildman–Crippen LogP) is 3.85. The van der Waals surface area contributed by atoms with E-state index in [-0.39, 0.29) is 24.2 Å². The standard InChI is InChI=1S/C26H33N3O3/c1-2-3-6-20-9-11-23(12-10-20)29-19-22(17-25(29)30)26(31)27-24-8-5-4-7-21(24)18-28-13-15-32-16-14-28/h4-5,7-12,22H,2-3,6,13-19H2,1H3,(H,27,31). The number of rotatable bonds is 8. The van der Waals surface area contributed by atoms with Crippen molar-refractivity contribution in [2.24, 2.45) is 5.92 Å². The molecular formula is C26H33N3O3. The molecule has 1 unspecified atom stereocenters. The zero-order valence-corrected chi connectivity index (χ0v) is 18.9. The lowest BCUT2D eigenvalue weighted by Crippen LogP contribution is -2.36. The van der Waals surface area contributed by atoms with Gasteiger partial charge in [0, 0.05) is 44.0 Å². The summed E-state index contributed by atoms with van der Waals surface area (Å²) in [6.07, 6.45) is 3.63. The number of hydrogen-bond donors (Lipinski definition) is 1. The molecule has 0 aliphatic carbocycles. The quantitative estimate of drug-likeness (QED) is 0.684. The van der Waals surface area contributed by atoms with E-state index in [4.69, 9.17) is 4.74 Å². The first-order valence-corrected chi connectivity index (χ1v) is 11.7. The van der Waals surface area contributed by atoms with Gasteiger partial charge in [0.2, 0.25) is 11.8 Å². The Balaban J connectivity index is 1.38. The van der Waals surface area contributed by atoms with Gasteiger partial charge in [-0.3, -0.25) is 14.5 Å². The summed E-state index contributed by atoms with van der Waals surface area (Å²) in [6, 6.07) is 16.1. The average Bonchev–Trinajstić information content (AvgIpc) is 3.22. The van der Waals surface area contributed by atoms with E-state index in [0.29, 0.717) is 6.54 Å². The Morgan fingerprint density at radius 3 is 2.59 bits per heavy atom. The molecule has 1 N–H and O–H groups in total. The zero-order chi connectivity index (χ0) is 22.3. The van der Waals surface area contributed by atoms with Crippen LogP contribution in [0.2, 0.25) is 0 Å². The smallest absolute Gasteiger partial charge is 0.229 e. The number of unbranched alkanes of at least 4 members (excludes halogenated alkanes) is 1. The predicted molar refractivity (Wildman–Crippen MR) is 127 cm³/mol. The largest absolute Gasteiger partial charge is 0.379 e. The van der Waals surface area contributed by atoms with Gasteiger partial charge < -0.3 is 15.0 Å². The van der Waals surface area contributed by atoms with Gasteiger partial charge in [-0.2, -0.15) is 0 Å². The van der Waals surface area contributed by atoms with Gasteiger partial charge in [-0.15, -0.1) is 0 Å². The van der Waals surface area contributed by atoms with Crippen molar-refractivity contribution in [2.45, 2.75) is 39.2 Å². The Kier molecular flexibility index (Phi) is 7.55. The molecule has 2 fully saturated rings. The highest BCUT2D eigenvalue weighted by atomic mass is 16.5. The third kappa shape index (κ3) is 5.56. The fraction of sp³-hybridized carbons (Fsp3) is 0.462. The second-order valence-corrected chi connectivity index (χ2v) is 8.71. The molecule has 0 saturated carbocycles. The highest BCUT2D eigenvalue weighted by molar-refractivity contribution is 6.03. The Morgan fingerprint density at radius 1 is 1.09 bits per heavy atom. The SMILES string of the molecule is CCCCc1ccc(N2CC(C(=O)Nc3ccccc3CN3CCOCC3)CC2=O)cc1. The van der Waals surface area contributed by atoms with Crippen molar-refractivity contribution in [3.8, 4) is 0 Å². The molecule has 2 aliphatic rings. The zero-order valence-electron chi connectivity index (χ0n) is 18.9. The number of ether oxygens (including phenoxy) is 1. The minimum absolute atomic E-state index is 0.00746. The topological polar surface area (TPSA) is 61.9 Å². The average molecular weight is 436 g/mol. The molecule has 0 radical (unpaired) electrons. The van der Waals surface area contributed by atoms with E-state index >= 15 is 0 Å². The maximum atomic E-state index is 13.0. The minimum Gasteiger partial charge on any atom is -0.379 e. The lowest BCUT2D eigenvalue weighted by Gasteiger charge is -2.27. The third-order valence-corrected chi connectivity index (χ3v) is 6.34. The molecule has 2 amide bonds. The summed E-state index contributed by atoms with van der Waals surface area (Å²) < 4.78 is 5.43. The van der Waals surface area contributed by atoms with Crippen molar-refractivity contribution in [3.05, 3.63) is 59.7 Å². The number of nitrogens with zero attached hydrogens (tertiary/aromatic N) is 2. The van der Waals surface area contributed by atoms with E-state index in [9.17, 15) is 9.59 Å². The molecule has 1 atom stereocenters. The van der Waals surface area contributed by atoms with Crippen molar-refractivity contribution in [3.63, 3.8) is 0 Å². The number of carbonyl (C=O) groups excluding carboxylic acids is 2. The first kappa shape index (κ1) is 22.5. The van der Waals surface area contributed by atoms with Crippen molar-refractivity contribution in [1.29, 1.82) is 0 Å². The highest BCUT2D eigenvalue weighted by Gasteiger charge is 2.35. The van der Waals surface area contributed by atoms with Crippen LogP contribution < -0.4 is 10.2 Å². The van der Waals surface area contributed by atoms with Crippen molar-refractivity contribution in [2.75, 3.05) is 43.1 Å². The van der Waals surface area contributed by atoms with Crippen LogP contribution in [-0.4, -0.2) is 49.6 Å². The van der Waals surface area contributed by atoms with E-state index < -0.39 is 0 Å². The summed E-state index contributed by atoms with van der Waals surface area (Å²) in [5, 5.41) is 3.09. The first-order valence-electron chi connectivity index (χ1n) is 11.7. The number of carbonyl (C=O) groups is 2. The molecule has 4 rings (SSSR count). The van der Waals surface area contributed by atoms with E-state index in [1.807, 2.05) is 30.3 Å². The van der Waals surface area contributed by atoms with Gasteiger partial charge in [0.05, 0.1) is 19.1 Å². The molecule has 2 saturated heterocycles. The molecule has 0 bridgehead atoms. The summed E-state index contributed by atoms with van der Waals surface area (Å²) in [4.78, 5) is 29.8. The van der Waals surface area contributed by atoms with Crippen LogP contribution in [0.25, 0.3) is 0 Å². The lowest BCUT2D eigenvalue weighted by atomic mass is 10.1. The third-order valence-electron chi connectivity index (χ3n) is 6.34. The second-order valence-electron chi connectivity index (χ2n) is 8.71. The molecule has 2 aliphatic heterocycles. The number of anilines is 2. The Bertz CT molecular complexity index is 922. The van der Waals surface area contributed by atoms with Gasteiger partial charge in [-0.1, -0.05) is 43.7 Å². The van der Waals surface area contributed by atoms with Crippen LogP contribution in [0.3, 0.4) is 0 Å². The normalized spacial score (nSPS) is 19.3. The van der Waals surface area contributed by atoms with Crippen LogP contribution in [0.5, 0.6) is 0 Å². The van der Waals surface area contributed by atoms with Crippen molar-refractivity contribution >= 4 is 23.2 Å². The number of nitrogens with one attached hydrogen (secondary N) is 1. The van der Waals surface area contributed by atoms with Gasteiger partial charge in [-0.25, -0.2) is 0 Å². The van der Waals surface area contributed by atoms with E-state index in [0.717, 1.165) is 62.6 Å². The molecular weight excluding hydrogens is 402 g/mol. The van der Waals surface area contributed by atoms with Crippen LogP contribution in [0, 0.1) is 5.92 Å². The van der Waals surface area contributed by atoms with E-state index in [2.05, 4.69) is 35.3 Å². The molecule has 170 valence electrons. The van der Waals surface area contributed by atoms with Gasteiger partial charge in [0.1, 0.15) is 0 Å². The number of amides is 2. The lowest BCUT2D eigenvalue weighted by molar-refractivity contribution is -0.122. The number of benzene rings is 2. The van der Waals surface area contributed by atoms with Crippen LogP contribution >= 0.6 is 0 Å². The van der Waals surface area contributed by atoms with Crippen LogP contribution in [0.1, 0.15) is 37.3 Å². The monoisotopic (exact) mass is 435 g/mol.